The highest BCUT2D eigenvalue weighted by molar-refractivity contribution is 5.94. The van der Waals surface area contributed by atoms with Crippen LogP contribution in [0.2, 0.25) is 0 Å². The molecule has 0 saturated heterocycles. The normalized spacial score (nSPS) is 10.8. The number of amides is 1. The SMILES string of the molecule is COc1ccc(CN(C)C(=O)c2ccc(COc3ccc4c(C)cc(=O)oc4c3)cc2)cc1F. The van der Waals surface area contributed by atoms with Gasteiger partial charge in [-0.3, -0.25) is 4.79 Å². The van der Waals surface area contributed by atoms with Gasteiger partial charge in [0.05, 0.1) is 7.11 Å². The van der Waals surface area contributed by atoms with Crippen LogP contribution in [0.5, 0.6) is 11.5 Å². The molecule has 0 N–H and O–H groups in total. The van der Waals surface area contributed by atoms with Crippen LogP contribution in [0.25, 0.3) is 11.0 Å². The van der Waals surface area contributed by atoms with Crippen LogP contribution in [0.4, 0.5) is 4.39 Å². The lowest BCUT2D eigenvalue weighted by molar-refractivity contribution is 0.0785. The number of hydrogen-bond donors (Lipinski definition) is 0. The lowest BCUT2D eigenvalue weighted by Gasteiger charge is -2.18. The Kier molecular flexibility index (Phi) is 6.63. The first-order valence-electron chi connectivity index (χ1n) is 10.7. The summed E-state index contributed by atoms with van der Waals surface area (Å²) in [5.74, 6) is 0.101. The van der Waals surface area contributed by atoms with Gasteiger partial charge in [0.2, 0.25) is 0 Å². The minimum Gasteiger partial charge on any atom is -0.494 e. The van der Waals surface area contributed by atoms with Crippen molar-refractivity contribution in [2.75, 3.05) is 14.2 Å². The summed E-state index contributed by atoms with van der Waals surface area (Å²) >= 11 is 0. The van der Waals surface area contributed by atoms with E-state index in [0.717, 1.165) is 16.5 Å². The van der Waals surface area contributed by atoms with Crippen LogP contribution in [0.1, 0.15) is 27.0 Å². The van der Waals surface area contributed by atoms with Crippen molar-refractivity contribution in [1.82, 2.24) is 4.90 Å². The topological polar surface area (TPSA) is 69.0 Å². The molecule has 0 radical (unpaired) electrons. The molecule has 0 saturated carbocycles. The first-order chi connectivity index (χ1) is 16.3. The van der Waals surface area contributed by atoms with Crippen LogP contribution in [0.3, 0.4) is 0 Å². The first-order valence-corrected chi connectivity index (χ1v) is 10.7. The van der Waals surface area contributed by atoms with Crippen molar-refractivity contribution in [2.24, 2.45) is 0 Å². The number of nitrogens with zero attached hydrogens (tertiary/aromatic N) is 1. The molecule has 4 rings (SSSR count). The summed E-state index contributed by atoms with van der Waals surface area (Å²) in [7, 11) is 3.08. The predicted octanol–water partition coefficient (Wildman–Crippen LogP) is 5.10. The zero-order valence-electron chi connectivity index (χ0n) is 19.1. The third kappa shape index (κ3) is 5.09. The van der Waals surface area contributed by atoms with Crippen LogP contribution in [-0.2, 0) is 13.2 Å². The minimum atomic E-state index is -0.464. The van der Waals surface area contributed by atoms with Gasteiger partial charge in [0.1, 0.15) is 17.9 Å². The van der Waals surface area contributed by atoms with Crippen molar-refractivity contribution < 1.29 is 23.1 Å². The number of hydrogen-bond acceptors (Lipinski definition) is 5. The molecule has 1 amide bonds. The van der Waals surface area contributed by atoms with Crippen molar-refractivity contribution >= 4 is 16.9 Å². The second-order valence-corrected chi connectivity index (χ2v) is 8.02. The number of benzene rings is 3. The standard InChI is InChI=1S/C27H24FNO5/c1-17-12-26(30)34-25-14-21(9-10-22(17)25)33-16-18-4-7-20(8-5-18)27(31)29(2)15-19-6-11-24(32-3)23(28)13-19/h4-14H,15-16H2,1-3H3. The van der Waals surface area contributed by atoms with E-state index in [-0.39, 0.29) is 24.8 Å². The van der Waals surface area contributed by atoms with Crippen LogP contribution >= 0.6 is 0 Å². The smallest absolute Gasteiger partial charge is 0.336 e. The molecule has 7 heteroatoms. The zero-order chi connectivity index (χ0) is 24.2. The molecule has 1 aromatic heterocycles. The van der Waals surface area contributed by atoms with E-state index in [2.05, 4.69) is 0 Å². The van der Waals surface area contributed by atoms with Gasteiger partial charge < -0.3 is 18.8 Å². The highest BCUT2D eigenvalue weighted by atomic mass is 19.1. The second-order valence-electron chi connectivity index (χ2n) is 8.02. The quantitative estimate of drug-likeness (QED) is 0.358. The Hall–Kier alpha value is -4.13. The van der Waals surface area contributed by atoms with Crippen molar-refractivity contribution in [3.63, 3.8) is 0 Å². The number of halogens is 1. The Morgan fingerprint density at radius 1 is 1.00 bits per heavy atom. The summed E-state index contributed by atoms with van der Waals surface area (Å²) in [5, 5.41) is 0.858. The number of ether oxygens (including phenoxy) is 2. The fourth-order valence-electron chi connectivity index (χ4n) is 3.68. The number of fused-ring (bicyclic) bond motifs is 1. The number of aryl methyl sites for hydroxylation is 1. The number of carbonyl (C=O) groups is 1. The summed E-state index contributed by atoms with van der Waals surface area (Å²) in [6.07, 6.45) is 0. The molecule has 3 aromatic carbocycles. The van der Waals surface area contributed by atoms with Gasteiger partial charge in [-0.1, -0.05) is 18.2 Å². The molecule has 0 atom stereocenters. The van der Waals surface area contributed by atoms with Crippen molar-refractivity contribution in [2.45, 2.75) is 20.1 Å². The largest absolute Gasteiger partial charge is 0.494 e. The maximum absolute atomic E-state index is 13.9. The molecule has 0 aliphatic carbocycles. The predicted molar refractivity (Wildman–Crippen MR) is 127 cm³/mol. The van der Waals surface area contributed by atoms with Gasteiger partial charge in [-0.15, -0.1) is 0 Å². The lowest BCUT2D eigenvalue weighted by Crippen LogP contribution is -2.26. The molecule has 0 aliphatic rings. The molecule has 1 heterocycles. The summed E-state index contributed by atoms with van der Waals surface area (Å²) in [4.78, 5) is 25.9. The molecule has 0 fully saturated rings. The Morgan fingerprint density at radius 3 is 2.44 bits per heavy atom. The maximum Gasteiger partial charge on any atom is 0.336 e. The van der Waals surface area contributed by atoms with Gasteiger partial charge in [-0.05, 0) is 60.0 Å². The van der Waals surface area contributed by atoms with Gasteiger partial charge in [-0.2, -0.15) is 0 Å². The summed E-state index contributed by atoms with van der Waals surface area (Å²) < 4.78 is 29.9. The summed E-state index contributed by atoms with van der Waals surface area (Å²) in [6.45, 7) is 2.41. The van der Waals surface area contributed by atoms with Crippen molar-refractivity contribution in [1.29, 1.82) is 0 Å². The van der Waals surface area contributed by atoms with Crippen LogP contribution < -0.4 is 15.1 Å². The molecule has 34 heavy (non-hydrogen) atoms. The van der Waals surface area contributed by atoms with E-state index in [1.165, 1.54) is 24.1 Å². The van der Waals surface area contributed by atoms with Gasteiger partial charge in [0.15, 0.2) is 11.6 Å². The average molecular weight is 461 g/mol. The van der Waals surface area contributed by atoms with Crippen LogP contribution in [-0.4, -0.2) is 25.0 Å². The van der Waals surface area contributed by atoms with E-state index in [1.54, 1.807) is 37.4 Å². The Balaban J connectivity index is 1.38. The minimum absolute atomic E-state index is 0.166. The molecular weight excluding hydrogens is 437 g/mol. The number of methoxy groups -OCH3 is 1. The van der Waals surface area contributed by atoms with E-state index >= 15 is 0 Å². The zero-order valence-corrected chi connectivity index (χ0v) is 19.1. The first kappa shape index (κ1) is 23.0. The van der Waals surface area contributed by atoms with Crippen molar-refractivity contribution in [3.8, 4) is 11.5 Å². The molecule has 4 aromatic rings. The maximum atomic E-state index is 13.9. The van der Waals surface area contributed by atoms with Crippen LogP contribution in [0.15, 0.2) is 75.9 Å². The monoisotopic (exact) mass is 461 g/mol. The fraction of sp³-hybridized carbons (Fsp3) is 0.185. The third-order valence-corrected chi connectivity index (χ3v) is 5.51. The van der Waals surface area contributed by atoms with E-state index in [0.29, 0.717) is 22.5 Å². The van der Waals surface area contributed by atoms with E-state index in [4.69, 9.17) is 13.9 Å². The highest BCUT2D eigenvalue weighted by Gasteiger charge is 2.13. The molecule has 174 valence electrons. The van der Waals surface area contributed by atoms with Crippen molar-refractivity contribution in [3.05, 3.63) is 105 Å². The molecule has 0 unspecified atom stereocenters. The van der Waals surface area contributed by atoms with E-state index < -0.39 is 11.4 Å². The second kappa shape index (κ2) is 9.79. The molecular formula is C27H24FNO5. The third-order valence-electron chi connectivity index (χ3n) is 5.51. The Morgan fingerprint density at radius 2 is 1.74 bits per heavy atom. The molecule has 0 spiro atoms. The van der Waals surface area contributed by atoms with Gasteiger partial charge >= 0.3 is 5.63 Å². The number of carbonyl (C=O) groups excluding carboxylic acids is 1. The highest BCUT2D eigenvalue weighted by Crippen LogP contribution is 2.23. The average Bonchev–Trinajstić information content (AvgIpc) is 2.82. The summed E-state index contributed by atoms with van der Waals surface area (Å²) in [6, 6.07) is 18.6. The Bertz CT molecular complexity index is 1390. The molecule has 0 bridgehead atoms. The van der Waals surface area contributed by atoms with E-state index in [1.807, 2.05) is 31.2 Å². The van der Waals surface area contributed by atoms with Gasteiger partial charge in [0.25, 0.3) is 5.91 Å². The lowest BCUT2D eigenvalue weighted by atomic mass is 10.1. The Labute approximate surface area is 196 Å². The summed E-state index contributed by atoms with van der Waals surface area (Å²) in [5.41, 5.74) is 2.99. The van der Waals surface area contributed by atoms with Crippen LogP contribution in [0, 0.1) is 12.7 Å². The number of rotatable bonds is 7. The van der Waals surface area contributed by atoms with Gasteiger partial charge in [-0.25, -0.2) is 9.18 Å². The molecule has 6 nitrogen and oxygen atoms in total. The molecule has 0 aliphatic heterocycles. The fourth-order valence-corrected chi connectivity index (χ4v) is 3.68. The van der Waals surface area contributed by atoms with E-state index in [9.17, 15) is 14.0 Å². The van der Waals surface area contributed by atoms with Gasteiger partial charge in [0, 0.05) is 36.7 Å².